The van der Waals surface area contributed by atoms with Gasteiger partial charge in [0.25, 0.3) is 0 Å². The van der Waals surface area contributed by atoms with E-state index in [0.29, 0.717) is 10.6 Å². The summed E-state index contributed by atoms with van der Waals surface area (Å²) in [4.78, 5) is 0.590. The van der Waals surface area contributed by atoms with Gasteiger partial charge in [-0.2, -0.15) is 0 Å². The molecule has 44 heavy (non-hydrogen) atoms. The van der Waals surface area contributed by atoms with E-state index in [1.54, 1.807) is 48.5 Å². The molecule has 0 fully saturated rings. The minimum Gasteiger partial charge on any atom is -0.488 e. The molecule has 0 spiro atoms. The van der Waals surface area contributed by atoms with Crippen molar-refractivity contribution < 1.29 is 13.2 Å². The molecule has 4 rings (SSSR count). The zero-order valence-electron chi connectivity index (χ0n) is 28.5. The van der Waals surface area contributed by atoms with Crippen LogP contribution in [0.5, 0.6) is 5.75 Å². The molecule has 0 atom stereocenters. The Bertz CT molecular complexity index is 1570. The fourth-order valence-corrected chi connectivity index (χ4v) is 6.16. The monoisotopic (exact) mass is 612 g/mol. The Morgan fingerprint density at radius 2 is 0.886 bits per heavy atom. The largest absolute Gasteiger partial charge is 0.488 e. The molecule has 4 heteroatoms. The number of rotatable bonds is 10. The summed E-state index contributed by atoms with van der Waals surface area (Å²) in [5.74, 6) is 0.694. The van der Waals surface area contributed by atoms with E-state index in [1.165, 1.54) is 22.3 Å². The molecule has 4 aromatic carbocycles. The molecule has 4 aromatic rings. The Labute approximate surface area is 267 Å². The van der Waals surface area contributed by atoms with E-state index in [4.69, 9.17) is 4.74 Å². The van der Waals surface area contributed by atoms with Crippen molar-refractivity contribution in [3.63, 3.8) is 0 Å². The average molecular weight is 613 g/mol. The van der Waals surface area contributed by atoms with E-state index >= 15 is 0 Å². The lowest BCUT2D eigenvalue weighted by Gasteiger charge is -2.28. The summed E-state index contributed by atoms with van der Waals surface area (Å²) in [7, 11) is -3.48. The number of ether oxygens (including phenoxy) is 1. The summed E-state index contributed by atoms with van der Waals surface area (Å²) in [6.07, 6.45) is 2.95. The number of hydrogen-bond donors (Lipinski definition) is 0. The van der Waals surface area contributed by atoms with E-state index in [-0.39, 0.29) is 21.3 Å². The summed E-state index contributed by atoms with van der Waals surface area (Å²) < 4.78 is 31.2. The van der Waals surface area contributed by atoms with Gasteiger partial charge in [-0.1, -0.05) is 120 Å². The van der Waals surface area contributed by atoms with Crippen LogP contribution in [0.1, 0.15) is 102 Å². The van der Waals surface area contributed by atoms with Crippen LogP contribution in [0.25, 0.3) is 0 Å². The Morgan fingerprint density at radius 3 is 1.30 bits per heavy atom. The third-order valence-electron chi connectivity index (χ3n) is 9.37. The van der Waals surface area contributed by atoms with Gasteiger partial charge in [0.05, 0.1) is 9.79 Å². The molecule has 0 aliphatic heterocycles. The molecule has 0 unspecified atom stereocenters. The van der Waals surface area contributed by atoms with Crippen LogP contribution in [0.2, 0.25) is 0 Å². The second-order valence-corrected chi connectivity index (χ2v) is 15.3. The molecule has 0 heterocycles. The summed E-state index contributed by atoms with van der Waals surface area (Å²) in [5.41, 5.74) is 6.60. The number of aryl methyl sites for hydroxylation is 2. The standard InChI is InChI=1S/C21H28.C19H24O3S/c1-7-20(3,4)17-12-14-19(15-13-17)21(5,6)18-10-8-16(2)9-11-18;1-5-19(4,6-2)22-16-9-13-18(14-10-16)23(20,21)17-11-7-15(3)8-12-17/h8-15H,7H2,1-6H3;7-14H,5-6H2,1-4H3. The van der Waals surface area contributed by atoms with Crippen LogP contribution in [-0.4, -0.2) is 14.0 Å². The van der Waals surface area contributed by atoms with Gasteiger partial charge in [-0.3, -0.25) is 0 Å². The normalized spacial score (nSPS) is 12.3. The highest BCUT2D eigenvalue weighted by Crippen LogP contribution is 2.34. The van der Waals surface area contributed by atoms with Crippen LogP contribution in [-0.2, 0) is 20.7 Å². The molecule has 0 aliphatic carbocycles. The number of sulfone groups is 1. The SMILES string of the molecule is CCC(C)(C)c1ccc(C(C)(C)c2ccc(C)cc2)cc1.CCC(C)(CC)Oc1ccc(S(=O)(=O)c2ccc(C)cc2)cc1. The van der Waals surface area contributed by atoms with E-state index < -0.39 is 9.84 Å². The minimum absolute atomic E-state index is 0.0442. The summed E-state index contributed by atoms with van der Waals surface area (Å²) >= 11 is 0. The van der Waals surface area contributed by atoms with Crippen molar-refractivity contribution >= 4 is 9.84 Å². The Balaban J connectivity index is 0.000000241. The highest BCUT2D eigenvalue weighted by Gasteiger charge is 2.25. The predicted molar refractivity (Wildman–Crippen MR) is 186 cm³/mol. The van der Waals surface area contributed by atoms with E-state index in [1.807, 2.05) is 6.92 Å². The maximum absolute atomic E-state index is 12.6. The minimum atomic E-state index is -3.48. The summed E-state index contributed by atoms with van der Waals surface area (Å²) in [6, 6.07) is 31.7. The predicted octanol–water partition coefficient (Wildman–Crippen LogP) is 10.8. The van der Waals surface area contributed by atoms with E-state index in [9.17, 15) is 8.42 Å². The maximum atomic E-state index is 12.6. The molecule has 0 amide bonds. The molecule has 0 saturated carbocycles. The Morgan fingerprint density at radius 1 is 0.523 bits per heavy atom. The van der Waals surface area contributed by atoms with Gasteiger partial charge in [0.1, 0.15) is 11.4 Å². The van der Waals surface area contributed by atoms with Crippen LogP contribution in [0.15, 0.2) is 107 Å². The third-order valence-corrected chi connectivity index (χ3v) is 11.2. The van der Waals surface area contributed by atoms with Crippen LogP contribution in [0.3, 0.4) is 0 Å². The molecule has 0 N–H and O–H groups in total. The zero-order valence-corrected chi connectivity index (χ0v) is 29.3. The smallest absolute Gasteiger partial charge is 0.206 e. The highest BCUT2D eigenvalue weighted by molar-refractivity contribution is 7.91. The van der Waals surface area contributed by atoms with Gasteiger partial charge in [-0.25, -0.2) is 8.42 Å². The second-order valence-electron chi connectivity index (χ2n) is 13.4. The van der Waals surface area contributed by atoms with Gasteiger partial charge in [0.15, 0.2) is 0 Å². The highest BCUT2D eigenvalue weighted by atomic mass is 32.2. The lowest BCUT2D eigenvalue weighted by Crippen LogP contribution is -2.30. The van der Waals surface area contributed by atoms with Crippen molar-refractivity contribution in [1.82, 2.24) is 0 Å². The average Bonchev–Trinajstić information content (AvgIpc) is 3.02. The summed E-state index contributed by atoms with van der Waals surface area (Å²) in [5, 5.41) is 0. The molecule has 3 nitrogen and oxygen atoms in total. The number of hydrogen-bond acceptors (Lipinski definition) is 3. The van der Waals surface area contributed by atoms with Crippen LogP contribution >= 0.6 is 0 Å². The lowest BCUT2D eigenvalue weighted by atomic mass is 9.76. The van der Waals surface area contributed by atoms with Crippen molar-refractivity contribution in [2.24, 2.45) is 0 Å². The maximum Gasteiger partial charge on any atom is 0.206 e. The van der Waals surface area contributed by atoms with Gasteiger partial charge in [-0.15, -0.1) is 0 Å². The number of benzene rings is 4. The molecule has 0 radical (unpaired) electrons. The molecule has 0 aliphatic rings. The molecule has 0 saturated heterocycles. The first-order valence-corrected chi connectivity index (χ1v) is 17.4. The van der Waals surface area contributed by atoms with Gasteiger partial charge in [-0.05, 0) is 98.5 Å². The molecular formula is C40H52O3S. The van der Waals surface area contributed by atoms with E-state index in [2.05, 4.69) is 111 Å². The van der Waals surface area contributed by atoms with Crippen molar-refractivity contribution in [2.45, 2.75) is 115 Å². The molecular weight excluding hydrogens is 561 g/mol. The van der Waals surface area contributed by atoms with E-state index in [0.717, 1.165) is 24.8 Å². The Hall–Kier alpha value is -3.37. The van der Waals surface area contributed by atoms with Crippen molar-refractivity contribution in [3.8, 4) is 5.75 Å². The first kappa shape index (κ1) is 35.1. The zero-order chi connectivity index (χ0) is 32.8. The van der Waals surface area contributed by atoms with Crippen molar-refractivity contribution in [2.75, 3.05) is 0 Å². The summed E-state index contributed by atoms with van der Waals surface area (Å²) in [6.45, 7) is 21.8. The second kappa shape index (κ2) is 14.2. The Kier molecular flexibility index (Phi) is 11.3. The van der Waals surface area contributed by atoms with Crippen molar-refractivity contribution in [3.05, 3.63) is 125 Å². The van der Waals surface area contributed by atoms with Gasteiger partial charge in [0.2, 0.25) is 9.84 Å². The van der Waals surface area contributed by atoms with Gasteiger partial charge in [0, 0.05) is 5.41 Å². The molecule has 0 aromatic heterocycles. The molecule has 236 valence electrons. The van der Waals surface area contributed by atoms with Crippen LogP contribution < -0.4 is 4.74 Å². The van der Waals surface area contributed by atoms with Gasteiger partial charge < -0.3 is 4.74 Å². The fourth-order valence-electron chi connectivity index (χ4n) is 4.90. The third kappa shape index (κ3) is 8.41. The van der Waals surface area contributed by atoms with Gasteiger partial charge >= 0.3 is 0 Å². The van der Waals surface area contributed by atoms with Crippen molar-refractivity contribution in [1.29, 1.82) is 0 Å². The lowest BCUT2D eigenvalue weighted by molar-refractivity contribution is 0.0802. The van der Waals surface area contributed by atoms with Crippen LogP contribution in [0.4, 0.5) is 0 Å². The first-order chi connectivity index (χ1) is 20.6. The van der Waals surface area contributed by atoms with Crippen LogP contribution in [0, 0.1) is 13.8 Å². The first-order valence-electron chi connectivity index (χ1n) is 15.9. The quantitative estimate of drug-likeness (QED) is 0.179. The fraction of sp³-hybridized carbons (Fsp3) is 0.400. The molecule has 0 bridgehead atoms. The topological polar surface area (TPSA) is 43.4 Å².